The molecule has 1 aliphatic heterocycles. The van der Waals surface area contributed by atoms with Crippen molar-refractivity contribution in [2.45, 2.75) is 22.7 Å². The summed E-state index contributed by atoms with van der Waals surface area (Å²) in [5.74, 6) is -2.25. The van der Waals surface area contributed by atoms with Gasteiger partial charge in [0, 0.05) is 17.0 Å². The van der Waals surface area contributed by atoms with Gasteiger partial charge in [0.2, 0.25) is 11.8 Å². The Hall–Kier alpha value is -3.01. The highest BCUT2D eigenvalue weighted by atomic mass is 32.2. The summed E-state index contributed by atoms with van der Waals surface area (Å²) in [6.07, 6.45) is -4.75. The molecule has 1 aliphatic rings. The largest absolute Gasteiger partial charge is 0.478 e. The highest BCUT2D eigenvalue weighted by Crippen LogP contribution is 2.40. The normalized spacial score (nSPS) is 16.1. The molecule has 6 nitrogen and oxygen atoms in total. The first-order valence-electron chi connectivity index (χ1n) is 7.95. The van der Waals surface area contributed by atoms with E-state index in [1.807, 2.05) is 0 Å². The Bertz CT molecular complexity index is 962. The van der Waals surface area contributed by atoms with Crippen LogP contribution in [0.1, 0.15) is 22.3 Å². The summed E-state index contributed by atoms with van der Waals surface area (Å²) in [5.41, 5.74) is -0.560. The monoisotopic (exact) mass is 410 g/mol. The maximum absolute atomic E-state index is 12.8. The van der Waals surface area contributed by atoms with Gasteiger partial charge in [-0.2, -0.15) is 13.2 Å². The Balaban J connectivity index is 1.69. The fourth-order valence-corrected chi connectivity index (χ4v) is 3.66. The third-order valence-corrected chi connectivity index (χ3v) is 5.17. The van der Waals surface area contributed by atoms with Gasteiger partial charge in [0.05, 0.1) is 22.1 Å². The number of hydrogen-bond acceptors (Lipinski definition) is 4. The summed E-state index contributed by atoms with van der Waals surface area (Å²) in [6.45, 7) is 0. The molecule has 3 rings (SSSR count). The second kappa shape index (κ2) is 7.55. The first-order valence-corrected chi connectivity index (χ1v) is 8.83. The molecule has 0 aliphatic carbocycles. The Labute approximate surface area is 161 Å². The highest BCUT2D eigenvalue weighted by Gasteiger charge is 2.34. The summed E-state index contributed by atoms with van der Waals surface area (Å²) in [7, 11) is 0. The van der Waals surface area contributed by atoms with Gasteiger partial charge in [-0.3, -0.25) is 9.59 Å². The maximum Gasteiger partial charge on any atom is 0.416 e. The van der Waals surface area contributed by atoms with Crippen LogP contribution in [0.3, 0.4) is 0 Å². The minimum absolute atomic E-state index is 0.00280. The van der Waals surface area contributed by atoms with Crippen LogP contribution in [0.5, 0.6) is 0 Å². The lowest BCUT2D eigenvalue weighted by Crippen LogP contribution is -2.32. The minimum atomic E-state index is -4.52. The van der Waals surface area contributed by atoms with E-state index in [0.717, 1.165) is 23.9 Å². The molecule has 1 atom stereocenters. The topological polar surface area (TPSA) is 95.5 Å². The van der Waals surface area contributed by atoms with E-state index in [4.69, 9.17) is 5.11 Å². The molecule has 1 heterocycles. The van der Waals surface area contributed by atoms with Crippen molar-refractivity contribution in [3.05, 3.63) is 53.6 Å². The predicted molar refractivity (Wildman–Crippen MR) is 96.4 cm³/mol. The van der Waals surface area contributed by atoms with Crippen molar-refractivity contribution >= 4 is 40.9 Å². The van der Waals surface area contributed by atoms with Crippen LogP contribution >= 0.6 is 11.8 Å². The third-order valence-electron chi connectivity index (χ3n) is 3.89. The molecule has 28 heavy (non-hydrogen) atoms. The molecule has 0 fully saturated rings. The SMILES string of the molecule is O=C(CC1Sc2ccc(C(F)(F)F)cc2NC1=O)Nc1cccc(C(=O)O)c1. The number of thioether (sulfide) groups is 1. The number of alkyl halides is 3. The highest BCUT2D eigenvalue weighted by molar-refractivity contribution is 8.01. The van der Waals surface area contributed by atoms with E-state index in [2.05, 4.69) is 10.6 Å². The van der Waals surface area contributed by atoms with Crippen molar-refractivity contribution in [1.29, 1.82) is 0 Å². The van der Waals surface area contributed by atoms with Crippen LogP contribution in [0.2, 0.25) is 0 Å². The van der Waals surface area contributed by atoms with Gasteiger partial charge < -0.3 is 15.7 Å². The van der Waals surface area contributed by atoms with Crippen LogP contribution in [-0.4, -0.2) is 28.1 Å². The number of carboxylic acids is 1. The molecule has 0 aromatic heterocycles. The maximum atomic E-state index is 12.8. The lowest BCUT2D eigenvalue weighted by Gasteiger charge is -2.24. The molecular formula is C18H13F3N2O4S. The van der Waals surface area contributed by atoms with Gasteiger partial charge in [-0.25, -0.2) is 4.79 Å². The quantitative estimate of drug-likeness (QED) is 0.712. The van der Waals surface area contributed by atoms with Crippen molar-refractivity contribution in [2.75, 3.05) is 10.6 Å². The van der Waals surface area contributed by atoms with Crippen LogP contribution < -0.4 is 10.6 Å². The number of carbonyl (C=O) groups excluding carboxylic acids is 2. The molecule has 0 radical (unpaired) electrons. The average molecular weight is 410 g/mol. The van der Waals surface area contributed by atoms with E-state index >= 15 is 0 Å². The number of anilines is 2. The summed E-state index contributed by atoms with van der Waals surface area (Å²) in [5, 5.41) is 13.0. The zero-order valence-electron chi connectivity index (χ0n) is 14.0. The van der Waals surface area contributed by atoms with Gasteiger partial charge in [0.15, 0.2) is 0 Å². The van der Waals surface area contributed by atoms with Crippen molar-refractivity contribution in [3.63, 3.8) is 0 Å². The molecule has 2 aromatic rings. The van der Waals surface area contributed by atoms with Crippen molar-refractivity contribution < 1.29 is 32.7 Å². The molecule has 146 valence electrons. The van der Waals surface area contributed by atoms with Crippen molar-refractivity contribution in [1.82, 2.24) is 0 Å². The van der Waals surface area contributed by atoms with E-state index in [0.29, 0.717) is 4.90 Å². The third kappa shape index (κ3) is 4.45. The lowest BCUT2D eigenvalue weighted by atomic mass is 10.1. The van der Waals surface area contributed by atoms with Gasteiger partial charge in [-0.1, -0.05) is 6.07 Å². The summed E-state index contributed by atoms with van der Waals surface area (Å²) in [4.78, 5) is 35.8. The van der Waals surface area contributed by atoms with Gasteiger partial charge in [-0.05, 0) is 36.4 Å². The molecule has 2 aromatic carbocycles. The number of nitrogens with one attached hydrogen (secondary N) is 2. The van der Waals surface area contributed by atoms with Crippen molar-refractivity contribution in [2.24, 2.45) is 0 Å². The molecule has 10 heteroatoms. The van der Waals surface area contributed by atoms with Gasteiger partial charge >= 0.3 is 12.1 Å². The Kier molecular flexibility index (Phi) is 5.32. The van der Waals surface area contributed by atoms with E-state index in [-0.39, 0.29) is 23.4 Å². The Morgan fingerprint density at radius 2 is 1.93 bits per heavy atom. The van der Waals surface area contributed by atoms with E-state index in [9.17, 15) is 27.6 Å². The number of rotatable bonds is 4. The molecule has 1 unspecified atom stereocenters. The molecule has 0 saturated heterocycles. The molecule has 2 amide bonds. The van der Waals surface area contributed by atoms with Crippen LogP contribution in [0, 0.1) is 0 Å². The van der Waals surface area contributed by atoms with Crippen LogP contribution in [0.15, 0.2) is 47.4 Å². The Morgan fingerprint density at radius 1 is 1.18 bits per heavy atom. The Morgan fingerprint density at radius 3 is 2.61 bits per heavy atom. The summed E-state index contributed by atoms with van der Waals surface area (Å²) in [6, 6.07) is 8.65. The number of amides is 2. The van der Waals surface area contributed by atoms with E-state index in [1.54, 1.807) is 0 Å². The smallest absolute Gasteiger partial charge is 0.416 e. The number of halogens is 3. The number of carbonyl (C=O) groups is 3. The molecule has 0 spiro atoms. The standard InChI is InChI=1S/C18H13F3N2O4S/c19-18(20,21)10-4-5-13-12(7-10)23-16(25)14(28-13)8-15(24)22-11-3-1-2-9(6-11)17(26)27/h1-7,14H,8H2,(H,22,24)(H,23,25)(H,26,27). The van der Waals surface area contributed by atoms with E-state index < -0.39 is 34.8 Å². The second-order valence-electron chi connectivity index (χ2n) is 5.94. The second-order valence-corrected chi connectivity index (χ2v) is 7.19. The number of fused-ring (bicyclic) bond motifs is 1. The van der Waals surface area contributed by atoms with E-state index in [1.165, 1.54) is 30.3 Å². The minimum Gasteiger partial charge on any atom is -0.478 e. The molecule has 0 bridgehead atoms. The van der Waals surface area contributed by atoms with Gasteiger partial charge in [0.1, 0.15) is 0 Å². The zero-order valence-corrected chi connectivity index (χ0v) is 14.9. The molecule has 3 N–H and O–H groups in total. The number of benzene rings is 2. The fourth-order valence-electron chi connectivity index (χ4n) is 2.57. The lowest BCUT2D eigenvalue weighted by molar-refractivity contribution is -0.137. The average Bonchev–Trinajstić information content (AvgIpc) is 2.61. The van der Waals surface area contributed by atoms with Crippen molar-refractivity contribution in [3.8, 4) is 0 Å². The summed E-state index contributed by atoms with van der Waals surface area (Å²) >= 11 is 0.997. The van der Waals surface area contributed by atoms with Gasteiger partial charge in [0.25, 0.3) is 0 Å². The first-order chi connectivity index (χ1) is 13.1. The van der Waals surface area contributed by atoms with Crippen LogP contribution in [0.4, 0.5) is 24.5 Å². The zero-order chi connectivity index (χ0) is 20.5. The number of carboxylic acid groups (broad SMARTS) is 1. The van der Waals surface area contributed by atoms with Crippen LogP contribution in [-0.2, 0) is 15.8 Å². The fraction of sp³-hybridized carbons (Fsp3) is 0.167. The molecule has 0 saturated carbocycles. The first kappa shape index (κ1) is 19.7. The van der Waals surface area contributed by atoms with Gasteiger partial charge in [-0.15, -0.1) is 11.8 Å². The predicted octanol–water partition coefficient (Wildman–Crippen LogP) is 3.85. The number of aromatic carboxylic acids is 1. The molecular weight excluding hydrogens is 397 g/mol. The van der Waals surface area contributed by atoms with Crippen LogP contribution in [0.25, 0.3) is 0 Å². The number of hydrogen-bond donors (Lipinski definition) is 3. The summed E-state index contributed by atoms with van der Waals surface area (Å²) < 4.78 is 38.3.